The lowest BCUT2D eigenvalue weighted by Crippen LogP contribution is -2.22. The molecule has 23 heavy (non-hydrogen) atoms. The highest BCUT2D eigenvalue weighted by Crippen LogP contribution is 2.33. The largest absolute Gasteiger partial charge is 0.548 e. The van der Waals surface area contributed by atoms with Crippen LogP contribution in [0.3, 0.4) is 0 Å². The summed E-state index contributed by atoms with van der Waals surface area (Å²) in [6.07, 6.45) is 2.78. The molecule has 4 rings (SSSR count). The van der Waals surface area contributed by atoms with Crippen molar-refractivity contribution in [3.63, 3.8) is 0 Å². The first-order valence-electron chi connectivity index (χ1n) is 6.75. The van der Waals surface area contributed by atoms with E-state index in [1.54, 1.807) is 24.3 Å². The summed E-state index contributed by atoms with van der Waals surface area (Å²) in [5.74, 6) is 0. The molecular formula is C14H12N5O3P. The van der Waals surface area contributed by atoms with E-state index in [1.165, 1.54) is 22.1 Å². The molecule has 0 amide bonds. The molecule has 0 unspecified atom stereocenters. The Bertz CT molecular complexity index is 961. The summed E-state index contributed by atoms with van der Waals surface area (Å²) in [4.78, 5) is 8.27. The van der Waals surface area contributed by atoms with E-state index in [0.29, 0.717) is 22.1 Å². The van der Waals surface area contributed by atoms with Crippen molar-refractivity contribution in [3.05, 3.63) is 61.2 Å². The minimum atomic E-state index is -3.93. The number of nitrogens with two attached hydrogens (primary N) is 1. The van der Waals surface area contributed by atoms with E-state index in [-0.39, 0.29) is 0 Å². The van der Waals surface area contributed by atoms with Crippen molar-refractivity contribution in [3.8, 4) is 0 Å². The first-order chi connectivity index (χ1) is 11.1. The third-order valence-corrected chi connectivity index (χ3v) is 4.05. The Kier molecular flexibility index (Phi) is 3.07. The van der Waals surface area contributed by atoms with Crippen LogP contribution in [0.15, 0.2) is 61.2 Å². The minimum Gasteiger partial charge on any atom is -0.309 e. The molecular weight excluding hydrogens is 317 g/mol. The van der Waals surface area contributed by atoms with E-state index in [4.69, 9.17) is 14.8 Å². The molecule has 4 aromatic rings. The molecule has 0 aliphatic heterocycles. The van der Waals surface area contributed by atoms with Gasteiger partial charge in [-0.05, 0) is 24.3 Å². The smallest absolute Gasteiger partial charge is 0.309 e. The zero-order chi connectivity index (χ0) is 15.9. The summed E-state index contributed by atoms with van der Waals surface area (Å²) in [6, 6.07) is 14.5. The summed E-state index contributed by atoms with van der Waals surface area (Å²) in [6.45, 7) is 0. The van der Waals surface area contributed by atoms with E-state index in [1.807, 2.05) is 24.3 Å². The average Bonchev–Trinajstić information content (AvgIpc) is 3.12. The van der Waals surface area contributed by atoms with Crippen LogP contribution in [0.4, 0.5) is 0 Å². The van der Waals surface area contributed by atoms with Crippen LogP contribution in [0.1, 0.15) is 0 Å². The summed E-state index contributed by atoms with van der Waals surface area (Å²) in [5.41, 5.74) is 8.36. The van der Waals surface area contributed by atoms with Crippen LogP contribution >= 0.6 is 7.75 Å². The topological polar surface area (TPSA) is 97.2 Å². The summed E-state index contributed by atoms with van der Waals surface area (Å²) >= 11 is 0. The van der Waals surface area contributed by atoms with Gasteiger partial charge >= 0.3 is 7.75 Å². The van der Waals surface area contributed by atoms with Gasteiger partial charge in [0.15, 0.2) is 0 Å². The zero-order valence-electron chi connectivity index (χ0n) is 11.8. The van der Waals surface area contributed by atoms with Gasteiger partial charge in [-0.15, -0.1) is 0 Å². The van der Waals surface area contributed by atoms with Crippen molar-refractivity contribution in [1.82, 2.24) is 19.4 Å². The van der Waals surface area contributed by atoms with Crippen LogP contribution in [0.2, 0.25) is 0 Å². The Morgan fingerprint density at radius 1 is 0.826 bits per heavy atom. The standard InChI is InChI=1S/C14H12N5O3P/c15-23(20,21-18-9-16-11-5-1-3-7-13(11)18)22-19-10-17-12-6-2-4-8-14(12)19/h1-10H,(H2,15,20). The van der Waals surface area contributed by atoms with Crippen LogP contribution in [0.25, 0.3) is 22.1 Å². The van der Waals surface area contributed by atoms with Gasteiger partial charge < -0.3 is 9.25 Å². The summed E-state index contributed by atoms with van der Waals surface area (Å²) < 4.78 is 25.5. The maximum Gasteiger partial charge on any atom is 0.548 e. The lowest BCUT2D eigenvalue weighted by molar-refractivity contribution is 0.184. The number of hydrogen-bond acceptors (Lipinski definition) is 5. The predicted octanol–water partition coefficient (Wildman–Crippen LogP) is 2.01. The van der Waals surface area contributed by atoms with Crippen molar-refractivity contribution >= 4 is 29.8 Å². The summed E-state index contributed by atoms with van der Waals surface area (Å²) in [5, 5.41) is 0. The predicted molar refractivity (Wildman–Crippen MR) is 84.4 cm³/mol. The van der Waals surface area contributed by atoms with Gasteiger partial charge in [-0.25, -0.2) is 20.0 Å². The monoisotopic (exact) mass is 329 g/mol. The molecule has 2 aromatic heterocycles. The van der Waals surface area contributed by atoms with Crippen LogP contribution in [0.5, 0.6) is 0 Å². The molecule has 0 spiro atoms. The second-order valence-electron chi connectivity index (χ2n) is 4.82. The molecule has 0 radical (unpaired) electrons. The van der Waals surface area contributed by atoms with Gasteiger partial charge in [0.2, 0.25) is 0 Å². The number of nitrogens with zero attached hydrogens (tertiary/aromatic N) is 4. The van der Waals surface area contributed by atoms with Crippen molar-refractivity contribution in [2.75, 3.05) is 0 Å². The molecule has 116 valence electrons. The minimum absolute atomic E-state index is 0.636. The lowest BCUT2D eigenvalue weighted by Gasteiger charge is -2.15. The molecule has 9 heteroatoms. The Hall–Kier alpha value is -2.83. The van der Waals surface area contributed by atoms with Crippen LogP contribution in [-0.4, -0.2) is 19.4 Å². The van der Waals surface area contributed by atoms with Gasteiger partial charge in [-0.2, -0.15) is 9.46 Å². The number of fused-ring (bicyclic) bond motifs is 2. The highest BCUT2D eigenvalue weighted by Gasteiger charge is 2.25. The quantitative estimate of drug-likeness (QED) is 0.575. The first kappa shape index (κ1) is 13.8. The van der Waals surface area contributed by atoms with Gasteiger partial charge in [-0.3, -0.25) is 0 Å². The number of para-hydroxylation sites is 4. The van der Waals surface area contributed by atoms with Crippen LogP contribution in [-0.2, 0) is 4.57 Å². The molecule has 0 saturated heterocycles. The number of aromatic nitrogens is 4. The Morgan fingerprint density at radius 3 is 1.74 bits per heavy atom. The van der Waals surface area contributed by atoms with Gasteiger partial charge in [0.05, 0.1) is 11.0 Å². The Labute approximate surface area is 130 Å². The zero-order valence-corrected chi connectivity index (χ0v) is 12.7. The molecule has 0 fully saturated rings. The molecule has 0 atom stereocenters. The van der Waals surface area contributed by atoms with Crippen molar-refractivity contribution in [2.24, 2.45) is 5.50 Å². The fraction of sp³-hybridized carbons (Fsp3) is 0. The average molecular weight is 329 g/mol. The fourth-order valence-corrected chi connectivity index (χ4v) is 3.04. The van der Waals surface area contributed by atoms with Crippen molar-refractivity contribution < 1.29 is 13.8 Å². The Morgan fingerprint density at radius 2 is 1.26 bits per heavy atom. The van der Waals surface area contributed by atoms with Crippen LogP contribution in [0, 0.1) is 0 Å². The van der Waals surface area contributed by atoms with E-state index >= 15 is 0 Å². The maximum atomic E-state index is 12.5. The highest BCUT2D eigenvalue weighted by molar-refractivity contribution is 7.51. The normalized spacial score (nSPS) is 11.9. The Balaban J connectivity index is 1.64. The maximum absolute atomic E-state index is 12.5. The van der Waals surface area contributed by atoms with Crippen molar-refractivity contribution in [1.29, 1.82) is 0 Å². The second kappa shape index (κ2) is 5.12. The van der Waals surface area contributed by atoms with E-state index in [2.05, 4.69) is 9.97 Å². The summed E-state index contributed by atoms with van der Waals surface area (Å²) in [7, 11) is -3.93. The van der Waals surface area contributed by atoms with E-state index in [9.17, 15) is 4.57 Å². The first-order valence-corrected chi connectivity index (χ1v) is 8.36. The third kappa shape index (κ3) is 2.54. The highest BCUT2D eigenvalue weighted by atomic mass is 31.2. The number of rotatable bonds is 4. The molecule has 0 bridgehead atoms. The fourth-order valence-electron chi connectivity index (χ4n) is 2.26. The molecule has 8 nitrogen and oxygen atoms in total. The molecule has 0 aliphatic carbocycles. The van der Waals surface area contributed by atoms with E-state index < -0.39 is 7.75 Å². The second-order valence-corrected chi connectivity index (χ2v) is 6.23. The number of benzene rings is 2. The molecule has 2 N–H and O–H groups in total. The molecule has 2 aromatic carbocycles. The molecule has 2 heterocycles. The van der Waals surface area contributed by atoms with Gasteiger partial charge in [0.1, 0.15) is 23.7 Å². The lowest BCUT2D eigenvalue weighted by atomic mass is 10.3. The molecule has 0 aliphatic rings. The SMILES string of the molecule is NP(=O)(On1cnc2ccccc21)On1cnc2ccccc21. The van der Waals surface area contributed by atoms with Crippen molar-refractivity contribution in [2.45, 2.75) is 0 Å². The number of hydrogen-bond donors (Lipinski definition) is 1. The van der Waals surface area contributed by atoms with Crippen LogP contribution < -0.4 is 14.8 Å². The number of imidazole rings is 2. The van der Waals surface area contributed by atoms with Gasteiger partial charge in [-0.1, -0.05) is 24.3 Å². The molecule has 0 saturated carbocycles. The van der Waals surface area contributed by atoms with Gasteiger partial charge in [0.25, 0.3) is 0 Å². The third-order valence-electron chi connectivity index (χ3n) is 3.25. The van der Waals surface area contributed by atoms with Gasteiger partial charge in [0, 0.05) is 0 Å². The van der Waals surface area contributed by atoms with E-state index in [0.717, 1.165) is 0 Å².